The minimum atomic E-state index is -2.02. The second kappa shape index (κ2) is 16.0. The molecule has 0 aliphatic heterocycles. The van der Waals surface area contributed by atoms with Crippen LogP contribution in [-0.2, 0) is 26.9 Å². The molecule has 0 fully saturated rings. The zero-order valence-corrected chi connectivity index (χ0v) is 27.0. The van der Waals surface area contributed by atoms with Gasteiger partial charge in [0.15, 0.2) is 17.8 Å². The summed E-state index contributed by atoms with van der Waals surface area (Å²) in [6.45, 7) is -0.225. The van der Waals surface area contributed by atoms with Gasteiger partial charge in [-0.25, -0.2) is 0 Å². The molecule has 0 unspecified atom stereocenters. The number of methoxy groups -OCH3 is 1. The molecule has 0 saturated heterocycles. The van der Waals surface area contributed by atoms with Crippen LogP contribution in [0.3, 0.4) is 0 Å². The number of carbonyl (C=O) groups is 2. The minimum absolute atomic E-state index is 0. The van der Waals surface area contributed by atoms with E-state index in [2.05, 4.69) is 103 Å². The molecule has 224 valence electrons. The SMILES string of the molecule is COc1ccc(CCC(=O)OCC=O)cc1Oc1ccc(C[P+](c2ccccc2)(c2ccccc2)c2ccccc2)cc1.[Br-]. The number of benzene rings is 5. The summed E-state index contributed by atoms with van der Waals surface area (Å²) in [6.07, 6.45) is 2.06. The smallest absolute Gasteiger partial charge is 0.306 e. The van der Waals surface area contributed by atoms with E-state index in [4.69, 9.17) is 14.2 Å². The van der Waals surface area contributed by atoms with Gasteiger partial charge in [-0.05, 0) is 78.2 Å². The standard InChI is InChI=1S/C37H34O5P.BrH/c1-40-35-23-19-29(20-24-37(39)41-26-25-38)27-36(35)42-31-21-17-30(18-22-31)28-43(32-11-5-2-6-12-32,33-13-7-3-8-14-33)34-15-9-4-10-16-34;/h2-19,21-23,25,27H,20,24,26,28H2,1H3;1H/q+1;/p-1. The second-order valence-corrected chi connectivity index (χ2v) is 13.5. The van der Waals surface area contributed by atoms with E-state index in [1.54, 1.807) is 7.11 Å². The Morgan fingerprint density at radius 1 is 0.682 bits per heavy atom. The summed E-state index contributed by atoms with van der Waals surface area (Å²) < 4.78 is 16.7. The summed E-state index contributed by atoms with van der Waals surface area (Å²) in [6, 6.07) is 46.4. The van der Waals surface area contributed by atoms with Gasteiger partial charge in [0.05, 0.1) is 13.3 Å². The van der Waals surface area contributed by atoms with Crippen molar-refractivity contribution in [3.8, 4) is 17.2 Å². The highest BCUT2D eigenvalue weighted by molar-refractivity contribution is 7.95. The van der Waals surface area contributed by atoms with Crippen molar-refractivity contribution in [2.75, 3.05) is 13.7 Å². The highest BCUT2D eigenvalue weighted by Gasteiger charge is 2.45. The highest BCUT2D eigenvalue weighted by atomic mass is 79.9. The van der Waals surface area contributed by atoms with Crippen LogP contribution in [-0.4, -0.2) is 26.0 Å². The number of hydrogen-bond acceptors (Lipinski definition) is 5. The van der Waals surface area contributed by atoms with Crippen LogP contribution in [0.15, 0.2) is 133 Å². The van der Waals surface area contributed by atoms with E-state index in [-0.39, 0.29) is 30.0 Å². The highest BCUT2D eigenvalue weighted by Crippen LogP contribution is 2.58. The van der Waals surface area contributed by atoms with Crippen LogP contribution in [0, 0.1) is 0 Å². The average molecular weight is 670 g/mol. The van der Waals surface area contributed by atoms with Crippen LogP contribution >= 0.6 is 7.26 Å². The van der Waals surface area contributed by atoms with E-state index in [0.29, 0.717) is 30.0 Å². The van der Waals surface area contributed by atoms with Crippen molar-refractivity contribution >= 4 is 35.4 Å². The number of esters is 1. The maximum atomic E-state index is 11.8. The average Bonchev–Trinajstić information content (AvgIpc) is 3.07. The molecule has 0 N–H and O–H groups in total. The second-order valence-electron chi connectivity index (χ2n) is 10.1. The lowest BCUT2D eigenvalue weighted by Crippen LogP contribution is -3.00. The summed E-state index contributed by atoms with van der Waals surface area (Å²) in [5.41, 5.74) is 2.12. The monoisotopic (exact) mass is 668 g/mol. The van der Waals surface area contributed by atoms with Gasteiger partial charge in [0.25, 0.3) is 0 Å². The van der Waals surface area contributed by atoms with Gasteiger partial charge in [0, 0.05) is 6.42 Å². The fourth-order valence-corrected chi connectivity index (χ4v) is 9.48. The number of aldehydes is 1. The van der Waals surface area contributed by atoms with Crippen molar-refractivity contribution in [2.45, 2.75) is 19.0 Å². The van der Waals surface area contributed by atoms with Gasteiger partial charge in [0.1, 0.15) is 35.5 Å². The Balaban J connectivity index is 0.00000442. The van der Waals surface area contributed by atoms with Crippen molar-refractivity contribution in [2.24, 2.45) is 0 Å². The number of rotatable bonds is 13. The molecule has 7 heteroatoms. The lowest BCUT2D eigenvalue weighted by atomic mass is 10.1. The van der Waals surface area contributed by atoms with Crippen molar-refractivity contribution in [3.63, 3.8) is 0 Å². The molecule has 44 heavy (non-hydrogen) atoms. The van der Waals surface area contributed by atoms with Crippen LogP contribution < -0.4 is 42.4 Å². The molecule has 0 bridgehead atoms. The third-order valence-electron chi connectivity index (χ3n) is 7.32. The van der Waals surface area contributed by atoms with E-state index in [1.807, 2.05) is 30.3 Å². The van der Waals surface area contributed by atoms with Crippen LogP contribution in [0.1, 0.15) is 17.5 Å². The first kappa shape index (κ1) is 32.7. The summed E-state index contributed by atoms with van der Waals surface area (Å²) in [4.78, 5) is 22.3. The molecule has 0 amide bonds. The number of aryl methyl sites for hydroxylation is 1. The molecule has 0 heterocycles. The van der Waals surface area contributed by atoms with Crippen LogP contribution in [0.5, 0.6) is 17.2 Å². The molecule has 0 saturated carbocycles. The fourth-order valence-electron chi connectivity index (χ4n) is 5.23. The van der Waals surface area contributed by atoms with Gasteiger partial charge < -0.3 is 31.2 Å². The quantitative estimate of drug-likeness (QED) is 0.109. The first-order valence-electron chi connectivity index (χ1n) is 14.2. The fraction of sp³-hybridized carbons (Fsp3) is 0.135. The van der Waals surface area contributed by atoms with Crippen molar-refractivity contribution < 1.29 is 40.8 Å². The molecule has 0 aliphatic carbocycles. The van der Waals surface area contributed by atoms with Gasteiger partial charge in [-0.15, -0.1) is 0 Å². The molecule has 0 aromatic heterocycles. The van der Waals surface area contributed by atoms with E-state index >= 15 is 0 Å². The summed E-state index contributed by atoms with van der Waals surface area (Å²) in [5, 5.41) is 4.01. The predicted molar refractivity (Wildman–Crippen MR) is 174 cm³/mol. The Bertz CT molecular complexity index is 1530. The maximum Gasteiger partial charge on any atom is 0.306 e. The van der Waals surface area contributed by atoms with E-state index in [1.165, 1.54) is 21.5 Å². The largest absolute Gasteiger partial charge is 1.00 e. The Kier molecular flexibility index (Phi) is 11.9. The van der Waals surface area contributed by atoms with Crippen LogP contribution in [0.25, 0.3) is 0 Å². The number of halogens is 1. The summed E-state index contributed by atoms with van der Waals surface area (Å²) >= 11 is 0. The van der Waals surface area contributed by atoms with E-state index in [0.717, 1.165) is 11.7 Å². The first-order chi connectivity index (χ1) is 21.1. The number of ether oxygens (including phenoxy) is 3. The third kappa shape index (κ3) is 7.82. The first-order valence-corrected chi connectivity index (χ1v) is 16.2. The molecule has 5 aromatic carbocycles. The minimum Gasteiger partial charge on any atom is -1.00 e. The Labute approximate surface area is 269 Å². The lowest BCUT2D eigenvalue weighted by Gasteiger charge is -2.28. The number of hydrogen-bond donors (Lipinski definition) is 0. The molecule has 5 rings (SSSR count). The van der Waals surface area contributed by atoms with Crippen molar-refractivity contribution in [1.82, 2.24) is 0 Å². The molecular formula is C37H34BrO5P. The Morgan fingerprint density at radius 2 is 1.20 bits per heavy atom. The predicted octanol–water partition coefficient (Wildman–Crippen LogP) is 3.66. The Hall–Kier alpha value is -4.25. The molecule has 0 aliphatic rings. The van der Waals surface area contributed by atoms with Crippen LogP contribution in [0.4, 0.5) is 0 Å². The Morgan fingerprint density at radius 3 is 1.70 bits per heavy atom. The van der Waals surface area contributed by atoms with Gasteiger partial charge in [-0.3, -0.25) is 9.59 Å². The summed E-state index contributed by atoms with van der Waals surface area (Å²) in [5.74, 6) is 1.43. The molecule has 0 atom stereocenters. The molecule has 5 nitrogen and oxygen atoms in total. The molecule has 0 spiro atoms. The lowest BCUT2D eigenvalue weighted by molar-refractivity contribution is -0.145. The molecule has 5 aromatic rings. The maximum absolute atomic E-state index is 11.8. The zero-order chi connectivity index (χ0) is 29.9. The number of carbonyl (C=O) groups excluding carboxylic acids is 2. The van der Waals surface area contributed by atoms with E-state index < -0.39 is 13.2 Å². The van der Waals surface area contributed by atoms with E-state index in [9.17, 15) is 9.59 Å². The van der Waals surface area contributed by atoms with Crippen molar-refractivity contribution in [1.29, 1.82) is 0 Å². The van der Waals surface area contributed by atoms with Gasteiger partial charge >= 0.3 is 5.97 Å². The zero-order valence-electron chi connectivity index (χ0n) is 24.5. The van der Waals surface area contributed by atoms with Crippen molar-refractivity contribution in [3.05, 3.63) is 145 Å². The molecule has 0 radical (unpaired) electrons. The normalized spacial score (nSPS) is 10.8. The third-order valence-corrected chi connectivity index (χ3v) is 11.7. The van der Waals surface area contributed by atoms with Gasteiger partial charge in [-0.2, -0.15) is 0 Å². The van der Waals surface area contributed by atoms with Gasteiger partial charge in [-0.1, -0.05) is 72.8 Å². The van der Waals surface area contributed by atoms with Crippen LogP contribution in [0.2, 0.25) is 0 Å². The topological polar surface area (TPSA) is 61.8 Å². The summed E-state index contributed by atoms with van der Waals surface area (Å²) in [7, 11) is -0.418. The molecular weight excluding hydrogens is 635 g/mol. The van der Waals surface area contributed by atoms with Gasteiger partial charge in [0.2, 0.25) is 0 Å².